The number of pyridine rings is 1. The van der Waals surface area contributed by atoms with Crippen LogP contribution in [-0.4, -0.2) is 10.1 Å². The minimum Gasteiger partial charge on any atom is -0.508 e. The summed E-state index contributed by atoms with van der Waals surface area (Å²) in [7, 11) is 0. The topological polar surface area (TPSA) is 33.1 Å². The zero-order valence-electron chi connectivity index (χ0n) is 9.31. The van der Waals surface area contributed by atoms with E-state index in [1.165, 1.54) is 5.56 Å². The standard InChI is InChI=1S/C7H8O.C6H6ClN/c1-6-2-4-7(8)5-3-6;1-5-2-3-6(7)8-4-5/h2-5,8H,1H3;2-4H,1H3. The van der Waals surface area contributed by atoms with Gasteiger partial charge >= 0.3 is 0 Å². The molecule has 0 spiro atoms. The molecular formula is C13H14ClNO. The van der Waals surface area contributed by atoms with Gasteiger partial charge in [-0.15, -0.1) is 0 Å². The normalized spacial score (nSPS) is 9.19. The monoisotopic (exact) mass is 235 g/mol. The molecule has 0 fully saturated rings. The maximum Gasteiger partial charge on any atom is 0.129 e. The number of halogens is 1. The summed E-state index contributed by atoms with van der Waals surface area (Å²) in [5.74, 6) is 0.329. The van der Waals surface area contributed by atoms with Crippen LogP contribution in [0.25, 0.3) is 0 Å². The molecule has 2 nitrogen and oxygen atoms in total. The molecule has 1 heterocycles. The van der Waals surface area contributed by atoms with Crippen LogP contribution in [0.1, 0.15) is 11.1 Å². The van der Waals surface area contributed by atoms with Crippen LogP contribution in [-0.2, 0) is 0 Å². The van der Waals surface area contributed by atoms with Crippen LogP contribution in [0.15, 0.2) is 42.6 Å². The van der Waals surface area contributed by atoms with Crippen molar-refractivity contribution in [1.29, 1.82) is 0 Å². The fourth-order valence-corrected chi connectivity index (χ4v) is 1.11. The van der Waals surface area contributed by atoms with Gasteiger partial charge < -0.3 is 5.11 Å². The molecule has 0 atom stereocenters. The number of nitrogens with zero attached hydrogens (tertiary/aromatic N) is 1. The first-order valence-corrected chi connectivity index (χ1v) is 5.29. The highest BCUT2D eigenvalue weighted by Crippen LogP contribution is 2.07. The van der Waals surface area contributed by atoms with Crippen LogP contribution in [0, 0.1) is 13.8 Å². The number of phenolic OH excluding ortho intramolecular Hbond substituents is 1. The number of aromatic nitrogens is 1. The van der Waals surface area contributed by atoms with Crippen molar-refractivity contribution in [3.8, 4) is 5.75 Å². The van der Waals surface area contributed by atoms with Crippen molar-refractivity contribution >= 4 is 11.6 Å². The van der Waals surface area contributed by atoms with E-state index in [9.17, 15) is 0 Å². The highest BCUT2D eigenvalue weighted by Gasteiger charge is 1.83. The molecule has 0 aliphatic carbocycles. The van der Waals surface area contributed by atoms with Gasteiger partial charge in [-0.25, -0.2) is 4.98 Å². The van der Waals surface area contributed by atoms with Crippen LogP contribution in [0.2, 0.25) is 5.15 Å². The highest BCUT2D eigenvalue weighted by molar-refractivity contribution is 6.29. The number of aromatic hydroxyl groups is 1. The molecule has 0 bridgehead atoms. The lowest BCUT2D eigenvalue weighted by Gasteiger charge is -1.89. The first-order valence-electron chi connectivity index (χ1n) is 4.92. The smallest absolute Gasteiger partial charge is 0.129 e. The van der Waals surface area contributed by atoms with Gasteiger partial charge in [0.2, 0.25) is 0 Å². The van der Waals surface area contributed by atoms with Crippen molar-refractivity contribution in [3.63, 3.8) is 0 Å². The van der Waals surface area contributed by atoms with E-state index in [1.54, 1.807) is 24.4 Å². The average molecular weight is 236 g/mol. The molecule has 1 aromatic carbocycles. The number of phenols is 1. The Labute approximate surface area is 101 Å². The summed E-state index contributed by atoms with van der Waals surface area (Å²) < 4.78 is 0. The minimum absolute atomic E-state index is 0.329. The van der Waals surface area contributed by atoms with Crippen molar-refractivity contribution in [2.45, 2.75) is 13.8 Å². The summed E-state index contributed by atoms with van der Waals surface area (Å²) in [6, 6.07) is 10.8. The minimum atomic E-state index is 0.329. The SMILES string of the molecule is Cc1ccc(Cl)nc1.Cc1ccc(O)cc1. The van der Waals surface area contributed by atoms with Gasteiger partial charge in [0.25, 0.3) is 0 Å². The third-order valence-corrected chi connectivity index (χ3v) is 2.13. The van der Waals surface area contributed by atoms with E-state index in [0.717, 1.165) is 5.56 Å². The maximum absolute atomic E-state index is 8.76. The Balaban J connectivity index is 0.000000160. The lowest BCUT2D eigenvalue weighted by Crippen LogP contribution is -1.73. The summed E-state index contributed by atoms with van der Waals surface area (Å²) in [6.07, 6.45) is 1.74. The number of benzene rings is 1. The van der Waals surface area contributed by atoms with Crippen LogP contribution < -0.4 is 0 Å². The average Bonchev–Trinajstić information content (AvgIpc) is 2.28. The van der Waals surface area contributed by atoms with E-state index in [-0.39, 0.29) is 0 Å². The lowest BCUT2D eigenvalue weighted by atomic mass is 10.2. The van der Waals surface area contributed by atoms with E-state index in [4.69, 9.17) is 16.7 Å². The summed E-state index contributed by atoms with van der Waals surface area (Å²) >= 11 is 5.50. The number of aryl methyl sites for hydroxylation is 2. The van der Waals surface area contributed by atoms with Gasteiger partial charge in [-0.3, -0.25) is 0 Å². The lowest BCUT2D eigenvalue weighted by molar-refractivity contribution is 0.475. The largest absolute Gasteiger partial charge is 0.508 e. The Bertz CT molecular complexity index is 337. The van der Waals surface area contributed by atoms with Crippen molar-refractivity contribution < 1.29 is 5.11 Å². The Hall–Kier alpha value is -1.54. The zero-order valence-corrected chi connectivity index (χ0v) is 10.1. The molecule has 0 aliphatic rings. The molecule has 2 rings (SSSR count). The number of hydrogen-bond donors (Lipinski definition) is 1. The first kappa shape index (κ1) is 12.5. The van der Waals surface area contributed by atoms with Crippen molar-refractivity contribution in [2.75, 3.05) is 0 Å². The molecule has 0 aliphatic heterocycles. The molecule has 1 N–H and O–H groups in total. The third kappa shape index (κ3) is 4.80. The van der Waals surface area contributed by atoms with E-state index in [1.807, 2.05) is 32.0 Å². The summed E-state index contributed by atoms with van der Waals surface area (Å²) in [6.45, 7) is 3.96. The van der Waals surface area contributed by atoms with Crippen molar-refractivity contribution in [1.82, 2.24) is 4.98 Å². The molecule has 84 valence electrons. The van der Waals surface area contributed by atoms with Crippen molar-refractivity contribution in [3.05, 3.63) is 58.9 Å². The second-order valence-electron chi connectivity index (χ2n) is 3.49. The molecule has 0 radical (unpaired) electrons. The van der Waals surface area contributed by atoms with E-state index < -0.39 is 0 Å². The van der Waals surface area contributed by atoms with Gasteiger partial charge in [0.05, 0.1) is 0 Å². The van der Waals surface area contributed by atoms with E-state index >= 15 is 0 Å². The first-order chi connectivity index (χ1) is 7.58. The Morgan fingerprint density at radius 3 is 1.88 bits per heavy atom. The number of hydrogen-bond acceptors (Lipinski definition) is 2. The van der Waals surface area contributed by atoms with E-state index in [0.29, 0.717) is 10.9 Å². The maximum atomic E-state index is 8.76. The molecule has 0 amide bonds. The molecule has 1 aromatic heterocycles. The number of rotatable bonds is 0. The molecule has 0 saturated heterocycles. The van der Waals surface area contributed by atoms with Crippen LogP contribution in [0.4, 0.5) is 0 Å². The predicted octanol–water partition coefficient (Wildman–Crippen LogP) is 3.74. The summed E-state index contributed by atoms with van der Waals surface area (Å²) in [5, 5.41) is 9.31. The van der Waals surface area contributed by atoms with Gasteiger partial charge in [0.1, 0.15) is 10.9 Å². The molecule has 2 aromatic rings. The van der Waals surface area contributed by atoms with Gasteiger partial charge in [-0.1, -0.05) is 35.4 Å². The quantitative estimate of drug-likeness (QED) is 0.706. The third-order valence-electron chi connectivity index (χ3n) is 1.91. The fourth-order valence-electron chi connectivity index (χ4n) is 0.995. The van der Waals surface area contributed by atoms with Gasteiger partial charge in [0.15, 0.2) is 0 Å². The predicted molar refractivity (Wildman–Crippen MR) is 66.8 cm³/mol. The van der Waals surface area contributed by atoms with Crippen LogP contribution in [0.3, 0.4) is 0 Å². The van der Waals surface area contributed by atoms with Crippen LogP contribution in [0.5, 0.6) is 5.75 Å². The van der Waals surface area contributed by atoms with Crippen LogP contribution >= 0.6 is 11.6 Å². The van der Waals surface area contributed by atoms with Crippen molar-refractivity contribution in [2.24, 2.45) is 0 Å². The van der Waals surface area contributed by atoms with Gasteiger partial charge in [-0.05, 0) is 37.6 Å². The Morgan fingerprint density at radius 1 is 0.938 bits per heavy atom. The Morgan fingerprint density at radius 2 is 1.50 bits per heavy atom. The summed E-state index contributed by atoms with van der Waals surface area (Å²) in [4.78, 5) is 3.84. The second kappa shape index (κ2) is 6.13. The molecular weight excluding hydrogens is 222 g/mol. The van der Waals surface area contributed by atoms with Gasteiger partial charge in [0, 0.05) is 6.20 Å². The zero-order chi connectivity index (χ0) is 12.0. The molecule has 0 unspecified atom stereocenters. The van der Waals surface area contributed by atoms with Gasteiger partial charge in [-0.2, -0.15) is 0 Å². The Kier molecular flexibility index (Phi) is 4.80. The highest BCUT2D eigenvalue weighted by atomic mass is 35.5. The molecule has 3 heteroatoms. The molecule has 16 heavy (non-hydrogen) atoms. The fraction of sp³-hybridized carbons (Fsp3) is 0.154. The molecule has 0 saturated carbocycles. The van der Waals surface area contributed by atoms with E-state index in [2.05, 4.69) is 4.98 Å². The second-order valence-corrected chi connectivity index (χ2v) is 3.88. The summed E-state index contributed by atoms with van der Waals surface area (Å²) in [5.41, 5.74) is 2.30.